The molecule has 1 aromatic carbocycles. The third-order valence-electron chi connectivity index (χ3n) is 1.49. The van der Waals surface area contributed by atoms with Crippen LogP contribution in [-0.2, 0) is 14.0 Å². The zero-order valence-electron chi connectivity index (χ0n) is 9.44. The molecule has 1 aromatic rings. The fourth-order valence-electron chi connectivity index (χ4n) is 0.826. The number of hydrogen-bond acceptors (Lipinski definition) is 4. The number of aryl methyl sites for hydroxylation is 1. The zero-order chi connectivity index (χ0) is 12.6. The summed E-state index contributed by atoms with van der Waals surface area (Å²) < 4.78 is 8.82. The molecule has 0 heterocycles. The molecule has 0 N–H and O–H groups in total. The quantitative estimate of drug-likeness (QED) is 0.422. The monoisotopic (exact) mass is 237 g/mol. The lowest BCUT2D eigenvalue weighted by Gasteiger charge is -2.02. The van der Waals surface area contributed by atoms with Crippen LogP contribution < -0.4 is 4.74 Å². The highest BCUT2D eigenvalue weighted by atomic mass is 28.2. The Bertz CT molecular complexity index is 363. The molecule has 0 spiro atoms. The molecule has 0 bridgehead atoms. The minimum absolute atomic E-state index is 0.278. The summed E-state index contributed by atoms with van der Waals surface area (Å²) in [6.45, 7) is 4.61. The van der Waals surface area contributed by atoms with Gasteiger partial charge in [-0.15, -0.1) is 0 Å². The van der Waals surface area contributed by atoms with Crippen molar-refractivity contribution < 1.29 is 18.8 Å². The van der Waals surface area contributed by atoms with Crippen LogP contribution in [0.1, 0.15) is 19.4 Å². The molecule has 0 aliphatic rings. The maximum absolute atomic E-state index is 10.5. The largest absolute Gasteiger partial charge is 0.516 e. The minimum atomic E-state index is -0.332. The second-order valence-electron chi connectivity index (χ2n) is 2.95. The van der Waals surface area contributed by atoms with Crippen molar-refractivity contribution in [3.05, 3.63) is 29.8 Å². The summed E-state index contributed by atoms with van der Waals surface area (Å²) in [5.41, 5.74) is 0.975. The van der Waals surface area contributed by atoms with Crippen molar-refractivity contribution in [2.75, 3.05) is 0 Å². The lowest BCUT2D eigenvalue weighted by atomic mass is 10.2. The van der Waals surface area contributed by atoms with Crippen LogP contribution >= 0.6 is 0 Å². The van der Waals surface area contributed by atoms with Crippen molar-refractivity contribution in [1.29, 1.82) is 0 Å². The SMILES string of the molecule is CC(=O)O[Si].CC(=O)Oc1ccccc1C. The average Bonchev–Trinajstić information content (AvgIpc) is 2.22. The van der Waals surface area contributed by atoms with E-state index in [2.05, 4.69) is 14.9 Å². The van der Waals surface area contributed by atoms with Crippen LogP contribution in [0.2, 0.25) is 0 Å². The highest BCUT2D eigenvalue weighted by Crippen LogP contribution is 2.15. The number of hydrogen-bond donors (Lipinski definition) is 0. The summed E-state index contributed by atoms with van der Waals surface area (Å²) >= 11 is 0. The molecule has 0 aliphatic carbocycles. The van der Waals surface area contributed by atoms with E-state index in [1.54, 1.807) is 6.07 Å². The summed E-state index contributed by atoms with van der Waals surface area (Å²) in [4.78, 5) is 20.1. The van der Waals surface area contributed by atoms with Gasteiger partial charge in [0.2, 0.25) is 0 Å². The van der Waals surface area contributed by atoms with Gasteiger partial charge < -0.3 is 9.16 Å². The predicted octanol–water partition coefficient (Wildman–Crippen LogP) is 1.55. The van der Waals surface area contributed by atoms with Crippen molar-refractivity contribution in [2.24, 2.45) is 0 Å². The maximum Gasteiger partial charge on any atom is 0.345 e. The first-order valence-corrected chi connectivity index (χ1v) is 4.96. The van der Waals surface area contributed by atoms with Crippen molar-refractivity contribution >= 4 is 22.4 Å². The molecular formula is C11H13O4Si. The molecular weight excluding hydrogens is 224 g/mol. The van der Waals surface area contributed by atoms with Crippen molar-refractivity contribution in [3.63, 3.8) is 0 Å². The summed E-state index contributed by atoms with van der Waals surface area (Å²) in [7, 11) is 2.51. The number of carbonyl (C=O) groups excluding carboxylic acids is 2. The lowest BCUT2D eigenvalue weighted by molar-refractivity contribution is -0.132. The molecule has 3 radical (unpaired) electrons. The Labute approximate surface area is 98.1 Å². The first kappa shape index (κ1) is 14.4. The lowest BCUT2D eigenvalue weighted by Crippen LogP contribution is -2.02. The van der Waals surface area contributed by atoms with Gasteiger partial charge in [0.15, 0.2) is 0 Å². The molecule has 16 heavy (non-hydrogen) atoms. The van der Waals surface area contributed by atoms with Gasteiger partial charge in [-0.2, -0.15) is 0 Å². The van der Waals surface area contributed by atoms with Gasteiger partial charge in [-0.3, -0.25) is 9.59 Å². The third-order valence-corrected chi connectivity index (χ3v) is 1.78. The smallest absolute Gasteiger partial charge is 0.345 e. The molecule has 85 valence electrons. The summed E-state index contributed by atoms with van der Waals surface area (Å²) in [6, 6.07) is 7.42. The molecule has 0 saturated carbocycles. The first-order valence-electron chi connectivity index (χ1n) is 4.55. The van der Waals surface area contributed by atoms with E-state index in [1.807, 2.05) is 25.1 Å². The van der Waals surface area contributed by atoms with Gasteiger partial charge in [0.1, 0.15) is 5.75 Å². The van der Waals surface area contributed by atoms with E-state index in [1.165, 1.54) is 13.8 Å². The van der Waals surface area contributed by atoms with Crippen molar-refractivity contribution in [1.82, 2.24) is 0 Å². The van der Waals surface area contributed by atoms with Crippen LogP contribution in [0.5, 0.6) is 5.75 Å². The third kappa shape index (κ3) is 6.78. The molecule has 1 rings (SSSR count). The normalized spacial score (nSPS) is 8.50. The molecule has 0 atom stereocenters. The molecule has 0 fully saturated rings. The number of benzene rings is 1. The van der Waals surface area contributed by atoms with Crippen LogP contribution in [0, 0.1) is 6.92 Å². The van der Waals surface area contributed by atoms with E-state index in [9.17, 15) is 9.59 Å². The number of esters is 1. The van der Waals surface area contributed by atoms with E-state index in [-0.39, 0.29) is 11.9 Å². The van der Waals surface area contributed by atoms with E-state index < -0.39 is 0 Å². The Kier molecular flexibility index (Phi) is 6.87. The fraction of sp³-hybridized carbons (Fsp3) is 0.273. The molecule has 5 heteroatoms. The maximum atomic E-state index is 10.5. The summed E-state index contributed by atoms with van der Waals surface area (Å²) in [5, 5.41) is 0. The van der Waals surface area contributed by atoms with Crippen LogP contribution in [0.15, 0.2) is 24.3 Å². The van der Waals surface area contributed by atoms with Gasteiger partial charge in [-0.25, -0.2) is 0 Å². The van der Waals surface area contributed by atoms with Gasteiger partial charge in [0, 0.05) is 13.8 Å². The Morgan fingerprint density at radius 1 is 1.12 bits per heavy atom. The number of para-hydroxylation sites is 1. The predicted molar refractivity (Wildman–Crippen MR) is 60.0 cm³/mol. The van der Waals surface area contributed by atoms with E-state index in [0.717, 1.165) is 5.56 Å². The highest BCUT2D eigenvalue weighted by Gasteiger charge is 1.99. The van der Waals surface area contributed by atoms with Gasteiger partial charge in [0.05, 0.1) is 0 Å². The van der Waals surface area contributed by atoms with Gasteiger partial charge in [-0.05, 0) is 18.6 Å². The fourth-order valence-corrected chi connectivity index (χ4v) is 0.826. The van der Waals surface area contributed by atoms with Crippen LogP contribution in [0.3, 0.4) is 0 Å². The molecule has 4 nitrogen and oxygen atoms in total. The molecule has 0 unspecified atom stereocenters. The van der Waals surface area contributed by atoms with E-state index >= 15 is 0 Å². The van der Waals surface area contributed by atoms with Gasteiger partial charge in [0.25, 0.3) is 5.97 Å². The number of ether oxygens (including phenoxy) is 1. The number of rotatable bonds is 1. The molecule has 0 aliphatic heterocycles. The summed E-state index contributed by atoms with van der Waals surface area (Å²) in [5.74, 6) is 0.0287. The Hall–Kier alpha value is -1.62. The second kappa shape index (κ2) is 7.64. The standard InChI is InChI=1S/C9H10O2.C2H3O2Si/c1-7-5-3-4-6-9(7)11-8(2)10;1-2(3)4-5/h3-6H,1-2H3;1H3. The van der Waals surface area contributed by atoms with Crippen LogP contribution in [0.25, 0.3) is 0 Å². The molecule has 0 aromatic heterocycles. The average molecular weight is 237 g/mol. The zero-order valence-corrected chi connectivity index (χ0v) is 10.4. The minimum Gasteiger partial charge on any atom is -0.516 e. The van der Waals surface area contributed by atoms with Crippen LogP contribution in [-0.4, -0.2) is 22.4 Å². The molecule has 0 saturated heterocycles. The topological polar surface area (TPSA) is 52.6 Å². The van der Waals surface area contributed by atoms with Crippen molar-refractivity contribution in [3.8, 4) is 5.75 Å². The van der Waals surface area contributed by atoms with Gasteiger partial charge >= 0.3 is 16.5 Å². The van der Waals surface area contributed by atoms with Gasteiger partial charge in [-0.1, -0.05) is 18.2 Å². The highest BCUT2D eigenvalue weighted by molar-refractivity contribution is 6.04. The Morgan fingerprint density at radius 3 is 2.00 bits per heavy atom. The number of carbonyl (C=O) groups is 2. The first-order chi connectivity index (χ1) is 7.47. The van der Waals surface area contributed by atoms with E-state index in [0.29, 0.717) is 5.75 Å². The Morgan fingerprint density at radius 2 is 1.62 bits per heavy atom. The van der Waals surface area contributed by atoms with Crippen molar-refractivity contribution in [2.45, 2.75) is 20.8 Å². The van der Waals surface area contributed by atoms with Crippen LogP contribution in [0.4, 0.5) is 0 Å². The summed E-state index contributed by atoms with van der Waals surface area (Å²) in [6.07, 6.45) is 0. The Balaban J connectivity index is 0.000000385. The molecule has 0 amide bonds. The second-order valence-corrected chi connectivity index (χ2v) is 3.16. The van der Waals surface area contributed by atoms with E-state index in [4.69, 9.17) is 4.74 Å².